The molecule has 0 spiro atoms. The van der Waals surface area contributed by atoms with Crippen LogP contribution in [0.3, 0.4) is 0 Å². The van der Waals surface area contributed by atoms with E-state index in [1.54, 1.807) is 10.9 Å². The first-order chi connectivity index (χ1) is 10.6. The maximum absolute atomic E-state index is 12.5. The summed E-state index contributed by atoms with van der Waals surface area (Å²) in [6, 6.07) is 7.56. The van der Waals surface area contributed by atoms with E-state index < -0.39 is 0 Å². The summed E-state index contributed by atoms with van der Waals surface area (Å²) in [5.41, 5.74) is 2.26. The molecule has 0 radical (unpaired) electrons. The fourth-order valence-corrected chi connectivity index (χ4v) is 2.22. The molecule has 0 fully saturated rings. The highest BCUT2D eigenvalue weighted by atomic mass is 16.1. The van der Waals surface area contributed by atoms with Crippen LogP contribution >= 0.6 is 0 Å². The molecule has 0 aliphatic carbocycles. The summed E-state index contributed by atoms with van der Waals surface area (Å²) < 4.78 is 1.55. The lowest BCUT2D eigenvalue weighted by Crippen LogP contribution is -2.30. The predicted octanol–water partition coefficient (Wildman–Crippen LogP) is 2.46. The lowest BCUT2D eigenvalue weighted by atomic mass is 10.2. The first-order valence-electron chi connectivity index (χ1n) is 7.85. The molecule has 5 nitrogen and oxygen atoms in total. The van der Waals surface area contributed by atoms with Crippen molar-refractivity contribution in [1.29, 1.82) is 0 Å². The number of pyridine rings is 1. The van der Waals surface area contributed by atoms with Crippen LogP contribution in [0.2, 0.25) is 0 Å². The minimum absolute atomic E-state index is 0.0159. The molecule has 5 heteroatoms. The largest absolute Gasteiger partial charge is 0.312 e. The standard InChI is InChI=1S/C17H24N4O/c1-4-9-21-17(22)14(12-18-11-13(2)3)10-16(20-21)15-7-5-6-8-19-15/h5-8,10,13,18H,4,9,11-12H2,1-3H3. The number of hydrogen-bond donors (Lipinski definition) is 1. The molecule has 0 saturated heterocycles. The summed E-state index contributed by atoms with van der Waals surface area (Å²) in [7, 11) is 0. The van der Waals surface area contributed by atoms with Gasteiger partial charge in [0.05, 0.1) is 5.69 Å². The van der Waals surface area contributed by atoms with Gasteiger partial charge in [-0.3, -0.25) is 9.78 Å². The molecule has 2 aromatic heterocycles. The fraction of sp³-hybridized carbons (Fsp3) is 0.471. The van der Waals surface area contributed by atoms with Crippen LogP contribution < -0.4 is 10.9 Å². The van der Waals surface area contributed by atoms with Crippen LogP contribution in [-0.2, 0) is 13.1 Å². The summed E-state index contributed by atoms with van der Waals surface area (Å²) in [6.07, 6.45) is 2.61. The van der Waals surface area contributed by atoms with Crippen molar-refractivity contribution < 1.29 is 0 Å². The van der Waals surface area contributed by atoms with E-state index >= 15 is 0 Å². The van der Waals surface area contributed by atoms with E-state index in [2.05, 4.69) is 29.2 Å². The Labute approximate surface area is 131 Å². The van der Waals surface area contributed by atoms with Crippen molar-refractivity contribution in [2.75, 3.05) is 6.54 Å². The van der Waals surface area contributed by atoms with Gasteiger partial charge in [-0.1, -0.05) is 26.8 Å². The molecule has 0 unspecified atom stereocenters. The molecule has 0 bridgehead atoms. The minimum atomic E-state index is -0.0159. The van der Waals surface area contributed by atoms with Gasteiger partial charge in [-0.05, 0) is 37.1 Å². The summed E-state index contributed by atoms with van der Waals surface area (Å²) >= 11 is 0. The quantitative estimate of drug-likeness (QED) is 0.853. The van der Waals surface area contributed by atoms with Crippen LogP contribution in [-0.4, -0.2) is 21.3 Å². The van der Waals surface area contributed by atoms with E-state index in [0.717, 1.165) is 29.9 Å². The van der Waals surface area contributed by atoms with Gasteiger partial charge in [-0.25, -0.2) is 4.68 Å². The van der Waals surface area contributed by atoms with Crippen LogP contribution in [0.1, 0.15) is 32.8 Å². The zero-order valence-corrected chi connectivity index (χ0v) is 13.5. The molecule has 0 aromatic carbocycles. The summed E-state index contributed by atoms with van der Waals surface area (Å²) in [4.78, 5) is 16.8. The van der Waals surface area contributed by atoms with Crippen LogP contribution in [0.15, 0.2) is 35.3 Å². The second-order valence-corrected chi connectivity index (χ2v) is 5.82. The molecular formula is C17H24N4O. The van der Waals surface area contributed by atoms with Crippen LogP contribution in [0.25, 0.3) is 11.4 Å². The summed E-state index contributed by atoms with van der Waals surface area (Å²) in [6.45, 7) is 8.40. The van der Waals surface area contributed by atoms with E-state index in [0.29, 0.717) is 19.0 Å². The molecule has 2 rings (SSSR count). The molecule has 0 aliphatic rings. The van der Waals surface area contributed by atoms with Gasteiger partial charge in [0.15, 0.2) is 0 Å². The first-order valence-corrected chi connectivity index (χ1v) is 7.85. The Morgan fingerprint density at radius 2 is 2.09 bits per heavy atom. The lowest BCUT2D eigenvalue weighted by molar-refractivity contribution is 0.533. The Bertz CT molecular complexity index is 649. The lowest BCUT2D eigenvalue weighted by Gasteiger charge is -2.11. The SMILES string of the molecule is CCCn1nc(-c2ccccn2)cc(CNCC(C)C)c1=O. The summed E-state index contributed by atoms with van der Waals surface area (Å²) in [5, 5.41) is 7.78. The summed E-state index contributed by atoms with van der Waals surface area (Å²) in [5.74, 6) is 0.551. The van der Waals surface area contributed by atoms with E-state index in [1.165, 1.54) is 0 Å². The van der Waals surface area contributed by atoms with E-state index in [1.807, 2.05) is 31.2 Å². The normalized spacial score (nSPS) is 11.1. The molecule has 2 aromatic rings. The topological polar surface area (TPSA) is 59.8 Å². The van der Waals surface area contributed by atoms with E-state index in [9.17, 15) is 4.79 Å². The Hall–Kier alpha value is -2.01. The average Bonchev–Trinajstić information content (AvgIpc) is 2.51. The van der Waals surface area contributed by atoms with Gasteiger partial charge in [-0.15, -0.1) is 0 Å². The third-order valence-electron chi connectivity index (χ3n) is 3.28. The van der Waals surface area contributed by atoms with Crippen molar-refractivity contribution in [2.24, 2.45) is 5.92 Å². The third-order valence-corrected chi connectivity index (χ3v) is 3.28. The molecule has 2 heterocycles. The molecule has 1 N–H and O–H groups in total. The van der Waals surface area contributed by atoms with Crippen molar-refractivity contribution in [2.45, 2.75) is 40.3 Å². The maximum Gasteiger partial charge on any atom is 0.271 e. The molecule has 0 atom stereocenters. The number of nitrogens with zero attached hydrogens (tertiary/aromatic N) is 3. The Kier molecular flexibility index (Phi) is 5.83. The first kappa shape index (κ1) is 16.4. The van der Waals surface area contributed by atoms with Crippen molar-refractivity contribution in [3.05, 3.63) is 46.4 Å². The molecule has 0 amide bonds. The second kappa shape index (κ2) is 7.84. The second-order valence-electron chi connectivity index (χ2n) is 5.82. The van der Waals surface area contributed by atoms with Gasteiger partial charge in [0.1, 0.15) is 5.69 Å². The average molecular weight is 300 g/mol. The van der Waals surface area contributed by atoms with E-state index in [4.69, 9.17) is 0 Å². The molecule has 0 saturated carbocycles. The third kappa shape index (κ3) is 4.24. The zero-order valence-electron chi connectivity index (χ0n) is 13.5. The predicted molar refractivity (Wildman–Crippen MR) is 88.6 cm³/mol. The van der Waals surface area contributed by atoms with Gasteiger partial charge in [-0.2, -0.15) is 5.10 Å². The number of aromatic nitrogens is 3. The van der Waals surface area contributed by atoms with Crippen molar-refractivity contribution >= 4 is 0 Å². The minimum Gasteiger partial charge on any atom is -0.312 e. The van der Waals surface area contributed by atoms with Crippen molar-refractivity contribution in [3.8, 4) is 11.4 Å². The molecule has 0 aliphatic heterocycles. The van der Waals surface area contributed by atoms with Crippen LogP contribution in [0.4, 0.5) is 0 Å². The molecule has 118 valence electrons. The highest BCUT2D eigenvalue weighted by Gasteiger charge is 2.10. The molecule has 22 heavy (non-hydrogen) atoms. The number of hydrogen-bond acceptors (Lipinski definition) is 4. The Balaban J connectivity index is 2.35. The van der Waals surface area contributed by atoms with Crippen molar-refractivity contribution in [3.63, 3.8) is 0 Å². The fourth-order valence-electron chi connectivity index (χ4n) is 2.22. The maximum atomic E-state index is 12.5. The highest BCUT2D eigenvalue weighted by Crippen LogP contribution is 2.13. The highest BCUT2D eigenvalue weighted by molar-refractivity contribution is 5.53. The van der Waals surface area contributed by atoms with Gasteiger partial charge >= 0.3 is 0 Å². The van der Waals surface area contributed by atoms with Crippen LogP contribution in [0.5, 0.6) is 0 Å². The van der Waals surface area contributed by atoms with Gasteiger partial charge in [0, 0.05) is 24.8 Å². The zero-order chi connectivity index (χ0) is 15.9. The Morgan fingerprint density at radius 1 is 1.27 bits per heavy atom. The van der Waals surface area contributed by atoms with Crippen LogP contribution in [0, 0.1) is 5.92 Å². The van der Waals surface area contributed by atoms with Crippen molar-refractivity contribution in [1.82, 2.24) is 20.1 Å². The van der Waals surface area contributed by atoms with Gasteiger partial charge in [0.25, 0.3) is 5.56 Å². The number of aryl methyl sites for hydroxylation is 1. The smallest absolute Gasteiger partial charge is 0.271 e. The molecular weight excluding hydrogens is 276 g/mol. The number of nitrogens with one attached hydrogen (secondary N) is 1. The van der Waals surface area contributed by atoms with Gasteiger partial charge in [0.2, 0.25) is 0 Å². The number of rotatable bonds is 7. The van der Waals surface area contributed by atoms with E-state index in [-0.39, 0.29) is 5.56 Å². The monoisotopic (exact) mass is 300 g/mol. The van der Waals surface area contributed by atoms with Gasteiger partial charge < -0.3 is 5.32 Å². The Morgan fingerprint density at radius 3 is 2.73 bits per heavy atom.